The van der Waals surface area contributed by atoms with Crippen molar-refractivity contribution in [2.75, 3.05) is 6.61 Å². The van der Waals surface area contributed by atoms with E-state index in [-0.39, 0.29) is 12.1 Å². The molecule has 0 unspecified atom stereocenters. The van der Waals surface area contributed by atoms with Gasteiger partial charge in [0.15, 0.2) is 0 Å². The van der Waals surface area contributed by atoms with Gasteiger partial charge in [-0.05, 0) is 54.0 Å². The molecule has 1 heterocycles. The Bertz CT molecular complexity index is 302. The summed E-state index contributed by atoms with van der Waals surface area (Å²) in [7, 11) is 0. The SMILES string of the molecule is CC1CCC(CO)(NCc2ccsc2)CC1. The molecule has 1 aliphatic carbocycles. The Morgan fingerprint density at radius 2 is 2.25 bits per heavy atom. The average Bonchev–Trinajstić information content (AvgIpc) is 2.82. The van der Waals surface area contributed by atoms with Crippen LogP contribution in [0.25, 0.3) is 0 Å². The Morgan fingerprint density at radius 1 is 1.50 bits per heavy atom. The highest BCUT2D eigenvalue weighted by atomic mass is 32.1. The van der Waals surface area contributed by atoms with Gasteiger partial charge in [0, 0.05) is 12.1 Å². The number of aliphatic hydroxyl groups excluding tert-OH is 1. The summed E-state index contributed by atoms with van der Waals surface area (Å²) in [5.41, 5.74) is 1.31. The number of rotatable bonds is 4. The van der Waals surface area contributed by atoms with Crippen LogP contribution < -0.4 is 5.32 Å². The van der Waals surface area contributed by atoms with E-state index < -0.39 is 0 Å². The average molecular weight is 239 g/mol. The molecule has 1 aromatic heterocycles. The van der Waals surface area contributed by atoms with Crippen LogP contribution in [0.3, 0.4) is 0 Å². The first-order chi connectivity index (χ1) is 7.74. The fourth-order valence-corrected chi connectivity index (χ4v) is 3.06. The lowest BCUT2D eigenvalue weighted by Gasteiger charge is -2.39. The van der Waals surface area contributed by atoms with Crippen molar-refractivity contribution >= 4 is 11.3 Å². The molecule has 0 aliphatic heterocycles. The summed E-state index contributed by atoms with van der Waals surface area (Å²) in [5, 5.41) is 17.4. The van der Waals surface area contributed by atoms with E-state index in [1.165, 1.54) is 18.4 Å². The summed E-state index contributed by atoms with van der Waals surface area (Å²) in [6.45, 7) is 3.46. The van der Waals surface area contributed by atoms with Crippen molar-refractivity contribution in [3.8, 4) is 0 Å². The summed E-state index contributed by atoms with van der Waals surface area (Å²) >= 11 is 1.73. The summed E-state index contributed by atoms with van der Waals surface area (Å²) in [4.78, 5) is 0. The lowest BCUT2D eigenvalue weighted by molar-refractivity contribution is 0.104. The molecule has 0 saturated heterocycles. The second-order valence-electron chi connectivity index (χ2n) is 5.11. The first kappa shape index (κ1) is 12.1. The Balaban J connectivity index is 1.89. The molecule has 90 valence electrons. The molecule has 1 fully saturated rings. The number of thiophene rings is 1. The maximum Gasteiger partial charge on any atom is 0.0613 e. The molecule has 1 aromatic rings. The zero-order valence-electron chi connectivity index (χ0n) is 9.91. The van der Waals surface area contributed by atoms with Crippen LogP contribution in [0.1, 0.15) is 38.2 Å². The van der Waals surface area contributed by atoms with Crippen LogP contribution in [0.2, 0.25) is 0 Å². The zero-order chi connectivity index (χ0) is 11.4. The van der Waals surface area contributed by atoms with E-state index in [1.54, 1.807) is 11.3 Å². The summed E-state index contributed by atoms with van der Waals surface area (Å²) in [6.07, 6.45) is 4.68. The quantitative estimate of drug-likeness (QED) is 0.847. The maximum atomic E-state index is 9.60. The first-order valence-corrected chi connectivity index (χ1v) is 7.05. The fraction of sp³-hybridized carbons (Fsp3) is 0.692. The van der Waals surface area contributed by atoms with E-state index in [0.29, 0.717) is 0 Å². The smallest absolute Gasteiger partial charge is 0.0613 e. The summed E-state index contributed by atoms with van der Waals surface area (Å²) in [5.74, 6) is 0.822. The van der Waals surface area contributed by atoms with Crippen LogP contribution in [-0.4, -0.2) is 17.3 Å². The topological polar surface area (TPSA) is 32.3 Å². The molecule has 1 saturated carbocycles. The monoisotopic (exact) mass is 239 g/mol. The van der Waals surface area contributed by atoms with Crippen LogP contribution in [0.15, 0.2) is 16.8 Å². The Morgan fingerprint density at radius 3 is 2.81 bits per heavy atom. The third-order valence-electron chi connectivity index (χ3n) is 3.78. The van der Waals surface area contributed by atoms with Gasteiger partial charge in [0.2, 0.25) is 0 Å². The Labute approximate surface area is 102 Å². The Hall–Kier alpha value is -0.380. The minimum absolute atomic E-state index is 0.0194. The van der Waals surface area contributed by atoms with Crippen LogP contribution in [0.5, 0.6) is 0 Å². The fourth-order valence-electron chi connectivity index (χ4n) is 2.39. The van der Waals surface area contributed by atoms with Gasteiger partial charge >= 0.3 is 0 Å². The molecule has 3 heteroatoms. The molecule has 0 aromatic carbocycles. The Kier molecular flexibility index (Phi) is 4.00. The molecular formula is C13H21NOS. The predicted molar refractivity (Wildman–Crippen MR) is 68.6 cm³/mol. The van der Waals surface area contributed by atoms with E-state index in [1.807, 2.05) is 0 Å². The molecule has 0 amide bonds. The van der Waals surface area contributed by atoms with Crippen molar-refractivity contribution in [1.29, 1.82) is 0 Å². The minimum atomic E-state index is -0.0194. The van der Waals surface area contributed by atoms with Crippen molar-refractivity contribution in [2.24, 2.45) is 5.92 Å². The van der Waals surface area contributed by atoms with E-state index in [9.17, 15) is 5.11 Å². The third-order valence-corrected chi connectivity index (χ3v) is 4.51. The highest BCUT2D eigenvalue weighted by molar-refractivity contribution is 7.07. The van der Waals surface area contributed by atoms with Gasteiger partial charge in [0.1, 0.15) is 0 Å². The third kappa shape index (κ3) is 2.84. The van der Waals surface area contributed by atoms with Crippen LogP contribution >= 0.6 is 11.3 Å². The van der Waals surface area contributed by atoms with Gasteiger partial charge in [-0.25, -0.2) is 0 Å². The molecule has 0 atom stereocenters. The van der Waals surface area contributed by atoms with Crippen molar-refractivity contribution in [2.45, 2.75) is 44.7 Å². The van der Waals surface area contributed by atoms with Crippen LogP contribution in [0.4, 0.5) is 0 Å². The van der Waals surface area contributed by atoms with E-state index in [4.69, 9.17) is 0 Å². The number of aliphatic hydroxyl groups is 1. The second kappa shape index (κ2) is 5.30. The van der Waals surface area contributed by atoms with Crippen molar-refractivity contribution < 1.29 is 5.11 Å². The largest absolute Gasteiger partial charge is 0.394 e. The molecule has 0 bridgehead atoms. The van der Waals surface area contributed by atoms with Gasteiger partial charge in [-0.2, -0.15) is 11.3 Å². The van der Waals surface area contributed by atoms with Crippen molar-refractivity contribution in [3.05, 3.63) is 22.4 Å². The normalized spacial score (nSPS) is 30.5. The van der Waals surface area contributed by atoms with E-state index in [0.717, 1.165) is 25.3 Å². The van der Waals surface area contributed by atoms with Gasteiger partial charge in [-0.3, -0.25) is 0 Å². The highest BCUT2D eigenvalue weighted by Crippen LogP contribution is 2.31. The van der Waals surface area contributed by atoms with Gasteiger partial charge in [-0.1, -0.05) is 6.92 Å². The molecule has 16 heavy (non-hydrogen) atoms. The molecule has 1 aliphatic rings. The van der Waals surface area contributed by atoms with Gasteiger partial charge < -0.3 is 10.4 Å². The van der Waals surface area contributed by atoms with E-state index >= 15 is 0 Å². The summed E-state index contributed by atoms with van der Waals surface area (Å²) < 4.78 is 0. The van der Waals surface area contributed by atoms with Gasteiger partial charge in [-0.15, -0.1) is 0 Å². The lowest BCUT2D eigenvalue weighted by atomic mass is 9.77. The van der Waals surface area contributed by atoms with Crippen molar-refractivity contribution in [3.63, 3.8) is 0 Å². The van der Waals surface area contributed by atoms with Crippen LogP contribution in [-0.2, 0) is 6.54 Å². The molecule has 0 spiro atoms. The summed E-state index contributed by atoms with van der Waals surface area (Å²) in [6, 6.07) is 2.15. The zero-order valence-corrected chi connectivity index (χ0v) is 10.7. The molecule has 2 rings (SSSR count). The minimum Gasteiger partial charge on any atom is -0.394 e. The first-order valence-electron chi connectivity index (χ1n) is 6.11. The van der Waals surface area contributed by atoms with E-state index in [2.05, 4.69) is 29.1 Å². The lowest BCUT2D eigenvalue weighted by Crippen LogP contribution is -2.50. The molecule has 2 N–H and O–H groups in total. The predicted octanol–water partition coefficient (Wildman–Crippen LogP) is 2.78. The number of hydrogen-bond acceptors (Lipinski definition) is 3. The van der Waals surface area contributed by atoms with Gasteiger partial charge in [0.05, 0.1) is 6.61 Å². The van der Waals surface area contributed by atoms with Crippen LogP contribution in [0, 0.1) is 5.92 Å². The maximum absolute atomic E-state index is 9.60. The van der Waals surface area contributed by atoms with Crippen molar-refractivity contribution in [1.82, 2.24) is 5.32 Å². The van der Waals surface area contributed by atoms with Gasteiger partial charge in [0.25, 0.3) is 0 Å². The molecule has 2 nitrogen and oxygen atoms in total. The second-order valence-corrected chi connectivity index (χ2v) is 5.89. The highest BCUT2D eigenvalue weighted by Gasteiger charge is 2.32. The number of hydrogen-bond donors (Lipinski definition) is 2. The standard InChI is InChI=1S/C13H21NOS/c1-11-2-5-13(10-15,6-3-11)14-8-12-4-7-16-9-12/h4,7,9,11,14-15H,2-3,5-6,8,10H2,1H3. The number of nitrogens with one attached hydrogen (secondary N) is 1. The molecule has 0 radical (unpaired) electrons. The molecular weight excluding hydrogens is 218 g/mol.